The molecule has 0 fully saturated rings. The second-order valence-electron chi connectivity index (χ2n) is 4.09. The Labute approximate surface area is 110 Å². The smallest absolute Gasteiger partial charge is 0.0492 e. The minimum atomic E-state index is 0.239. The molecule has 0 unspecified atom stereocenters. The minimum absolute atomic E-state index is 0.239. The zero-order valence-electron chi connectivity index (χ0n) is 9.91. The Morgan fingerprint density at radius 1 is 1.35 bits per heavy atom. The number of hydrogen-bond acceptors (Lipinski definition) is 2. The molecule has 0 aliphatic heterocycles. The molecule has 0 atom stereocenters. The van der Waals surface area contributed by atoms with Crippen LogP contribution >= 0.6 is 15.9 Å². The normalized spacial score (nSPS) is 11.2. The highest BCUT2D eigenvalue weighted by atomic mass is 79.9. The Bertz CT molecular complexity index is 468. The molecular formula is C13H17BrN2O. The maximum absolute atomic E-state index is 8.73. The fraction of sp³-hybridized carbons (Fsp3) is 0.385. The van der Waals surface area contributed by atoms with Crippen molar-refractivity contribution in [2.75, 3.05) is 13.2 Å². The van der Waals surface area contributed by atoms with Crippen molar-refractivity contribution in [2.45, 2.75) is 13.0 Å². The number of benzene rings is 1. The number of aromatic nitrogens is 1. The topological polar surface area (TPSA) is 37.2 Å². The number of hydrogen-bond donors (Lipinski definition) is 2. The van der Waals surface area contributed by atoms with Gasteiger partial charge < -0.3 is 15.0 Å². The molecule has 0 saturated heterocycles. The van der Waals surface area contributed by atoms with Crippen LogP contribution in [0.4, 0.5) is 0 Å². The van der Waals surface area contributed by atoms with Gasteiger partial charge in [0, 0.05) is 41.3 Å². The second kappa shape index (κ2) is 5.67. The van der Waals surface area contributed by atoms with E-state index in [4.69, 9.17) is 5.11 Å². The monoisotopic (exact) mass is 296 g/mol. The SMILES string of the molecule is Cn1c(CNCCCO)c(Br)c2ccccc21. The fourth-order valence-corrected chi connectivity index (χ4v) is 2.75. The van der Waals surface area contributed by atoms with E-state index >= 15 is 0 Å². The Morgan fingerprint density at radius 2 is 2.12 bits per heavy atom. The van der Waals surface area contributed by atoms with Gasteiger partial charge in [-0.3, -0.25) is 0 Å². The maximum Gasteiger partial charge on any atom is 0.0492 e. The van der Waals surface area contributed by atoms with Gasteiger partial charge in [-0.2, -0.15) is 0 Å². The van der Waals surface area contributed by atoms with Gasteiger partial charge in [-0.1, -0.05) is 18.2 Å². The molecule has 0 bridgehead atoms. The predicted molar refractivity (Wildman–Crippen MR) is 74.0 cm³/mol. The number of para-hydroxylation sites is 1. The summed E-state index contributed by atoms with van der Waals surface area (Å²) in [6.07, 6.45) is 0.793. The lowest BCUT2D eigenvalue weighted by atomic mass is 10.2. The van der Waals surface area contributed by atoms with Gasteiger partial charge in [-0.05, 0) is 35.0 Å². The van der Waals surface area contributed by atoms with E-state index in [2.05, 4.69) is 57.1 Å². The third kappa shape index (κ3) is 2.54. The lowest BCUT2D eigenvalue weighted by Crippen LogP contribution is -2.17. The minimum Gasteiger partial charge on any atom is -0.396 e. The van der Waals surface area contributed by atoms with E-state index in [1.54, 1.807) is 0 Å². The van der Waals surface area contributed by atoms with Gasteiger partial charge in [0.25, 0.3) is 0 Å². The van der Waals surface area contributed by atoms with Crippen LogP contribution in [0.15, 0.2) is 28.7 Å². The molecule has 4 heteroatoms. The van der Waals surface area contributed by atoms with Crippen molar-refractivity contribution in [1.82, 2.24) is 9.88 Å². The molecule has 17 heavy (non-hydrogen) atoms. The molecule has 1 aromatic carbocycles. The highest BCUT2D eigenvalue weighted by Crippen LogP contribution is 2.29. The first kappa shape index (κ1) is 12.6. The van der Waals surface area contributed by atoms with Crippen molar-refractivity contribution in [2.24, 2.45) is 7.05 Å². The van der Waals surface area contributed by atoms with Crippen molar-refractivity contribution in [3.63, 3.8) is 0 Å². The third-order valence-corrected chi connectivity index (χ3v) is 3.85. The van der Waals surface area contributed by atoms with Crippen molar-refractivity contribution in [3.05, 3.63) is 34.4 Å². The number of nitrogens with one attached hydrogen (secondary N) is 1. The summed E-state index contributed by atoms with van der Waals surface area (Å²) in [5, 5.41) is 13.3. The molecule has 0 saturated carbocycles. The van der Waals surface area contributed by atoms with Gasteiger partial charge in [0.2, 0.25) is 0 Å². The van der Waals surface area contributed by atoms with E-state index in [0.717, 1.165) is 24.0 Å². The van der Waals surface area contributed by atoms with Crippen molar-refractivity contribution >= 4 is 26.8 Å². The molecule has 2 rings (SSSR count). The van der Waals surface area contributed by atoms with Crippen LogP contribution in [0.5, 0.6) is 0 Å². The Hall–Kier alpha value is -0.840. The Balaban J connectivity index is 2.22. The first-order valence-electron chi connectivity index (χ1n) is 5.79. The first-order chi connectivity index (χ1) is 8.25. The third-order valence-electron chi connectivity index (χ3n) is 2.96. The van der Waals surface area contributed by atoms with Crippen LogP contribution in [0, 0.1) is 0 Å². The predicted octanol–water partition coefficient (Wildman–Crippen LogP) is 2.41. The summed E-state index contributed by atoms with van der Waals surface area (Å²) >= 11 is 3.66. The summed E-state index contributed by atoms with van der Waals surface area (Å²) in [6.45, 7) is 1.89. The number of fused-ring (bicyclic) bond motifs is 1. The van der Waals surface area contributed by atoms with Gasteiger partial charge in [0.05, 0.1) is 0 Å². The summed E-state index contributed by atoms with van der Waals surface area (Å²) < 4.78 is 3.36. The van der Waals surface area contributed by atoms with Crippen molar-refractivity contribution < 1.29 is 5.11 Å². The van der Waals surface area contributed by atoms with Gasteiger partial charge in [0.15, 0.2) is 0 Å². The van der Waals surface area contributed by atoms with E-state index in [1.807, 2.05) is 0 Å². The van der Waals surface area contributed by atoms with E-state index in [-0.39, 0.29) is 6.61 Å². The summed E-state index contributed by atoms with van der Waals surface area (Å²) in [5.74, 6) is 0. The largest absolute Gasteiger partial charge is 0.396 e. The molecule has 2 N–H and O–H groups in total. The highest BCUT2D eigenvalue weighted by Gasteiger charge is 2.11. The van der Waals surface area contributed by atoms with Crippen LogP contribution in [0.1, 0.15) is 12.1 Å². The molecule has 3 nitrogen and oxygen atoms in total. The van der Waals surface area contributed by atoms with Crippen molar-refractivity contribution in [1.29, 1.82) is 0 Å². The molecule has 0 spiro atoms. The van der Waals surface area contributed by atoms with Crippen LogP contribution in [-0.4, -0.2) is 22.8 Å². The average Bonchev–Trinajstić information content (AvgIpc) is 2.60. The zero-order valence-corrected chi connectivity index (χ0v) is 11.5. The molecule has 1 heterocycles. The highest BCUT2D eigenvalue weighted by molar-refractivity contribution is 9.10. The van der Waals surface area contributed by atoms with E-state index in [1.165, 1.54) is 16.6 Å². The number of rotatable bonds is 5. The number of aliphatic hydroxyl groups excluding tert-OH is 1. The van der Waals surface area contributed by atoms with Crippen LogP contribution in [0.3, 0.4) is 0 Å². The molecule has 0 aliphatic rings. The van der Waals surface area contributed by atoms with Crippen LogP contribution in [0.25, 0.3) is 10.9 Å². The molecule has 0 aliphatic carbocycles. The molecule has 2 aromatic rings. The maximum atomic E-state index is 8.73. The Morgan fingerprint density at radius 3 is 2.82 bits per heavy atom. The average molecular weight is 297 g/mol. The van der Waals surface area contributed by atoms with Crippen LogP contribution in [-0.2, 0) is 13.6 Å². The number of aryl methyl sites for hydroxylation is 1. The summed E-state index contributed by atoms with van der Waals surface area (Å²) in [7, 11) is 2.08. The molecule has 0 radical (unpaired) electrons. The van der Waals surface area contributed by atoms with Crippen LogP contribution < -0.4 is 5.32 Å². The summed E-state index contributed by atoms with van der Waals surface area (Å²) in [6, 6.07) is 8.35. The van der Waals surface area contributed by atoms with Gasteiger partial charge >= 0.3 is 0 Å². The van der Waals surface area contributed by atoms with E-state index in [9.17, 15) is 0 Å². The first-order valence-corrected chi connectivity index (χ1v) is 6.58. The van der Waals surface area contributed by atoms with E-state index < -0.39 is 0 Å². The Kier molecular flexibility index (Phi) is 4.20. The summed E-state index contributed by atoms with van der Waals surface area (Å²) in [4.78, 5) is 0. The van der Waals surface area contributed by atoms with Gasteiger partial charge in [0.1, 0.15) is 0 Å². The molecule has 0 amide bonds. The molecule has 92 valence electrons. The lowest BCUT2D eigenvalue weighted by Gasteiger charge is -2.06. The number of nitrogens with zero attached hydrogens (tertiary/aromatic N) is 1. The second-order valence-corrected chi connectivity index (χ2v) is 4.88. The summed E-state index contributed by atoms with van der Waals surface area (Å²) in [5.41, 5.74) is 2.47. The van der Waals surface area contributed by atoms with E-state index in [0.29, 0.717) is 0 Å². The van der Waals surface area contributed by atoms with Crippen LogP contribution in [0.2, 0.25) is 0 Å². The van der Waals surface area contributed by atoms with Gasteiger partial charge in [-0.15, -0.1) is 0 Å². The quantitative estimate of drug-likeness (QED) is 0.832. The lowest BCUT2D eigenvalue weighted by molar-refractivity contribution is 0.286. The fourth-order valence-electron chi connectivity index (χ4n) is 2.01. The molecule has 1 aromatic heterocycles. The van der Waals surface area contributed by atoms with Gasteiger partial charge in [-0.25, -0.2) is 0 Å². The number of aliphatic hydroxyl groups is 1. The number of halogens is 1. The van der Waals surface area contributed by atoms with Crippen molar-refractivity contribution in [3.8, 4) is 0 Å². The molecular weight excluding hydrogens is 280 g/mol. The standard InChI is InChI=1S/C13H17BrN2O/c1-16-11-6-3-2-5-10(11)13(14)12(16)9-15-7-4-8-17/h2-3,5-6,15,17H,4,7-9H2,1H3. The zero-order chi connectivity index (χ0) is 12.3.